The zero-order valence-electron chi connectivity index (χ0n) is 6.47. The van der Waals surface area contributed by atoms with Gasteiger partial charge in [-0.1, -0.05) is 17.1 Å². The molecule has 0 radical (unpaired) electrons. The van der Waals surface area contributed by atoms with E-state index >= 15 is 0 Å². The first kappa shape index (κ1) is 8.28. The molecule has 0 aliphatic rings. The second-order valence-corrected chi connectivity index (χ2v) is 2.00. The maximum absolute atomic E-state index is 4.95. The summed E-state index contributed by atoms with van der Waals surface area (Å²) < 4.78 is 0. The average molecular weight is 160 g/mol. The zero-order valence-corrected chi connectivity index (χ0v) is 6.47. The number of nitrogens with zero attached hydrogens (tertiary/aromatic N) is 2. The Morgan fingerprint density at radius 3 is 3.33 bits per heavy atom. The van der Waals surface area contributed by atoms with Crippen LogP contribution in [0.4, 0.5) is 0 Å². The van der Waals surface area contributed by atoms with Crippen molar-refractivity contribution in [2.75, 3.05) is 6.61 Å². The number of terminal acetylenes is 1. The quantitative estimate of drug-likeness (QED) is 0.287. The molecule has 0 spiro atoms. The number of oxime groups is 1. The lowest BCUT2D eigenvalue weighted by Crippen LogP contribution is -1.85. The molecule has 3 heteroatoms. The van der Waals surface area contributed by atoms with E-state index < -0.39 is 0 Å². The second-order valence-electron chi connectivity index (χ2n) is 2.00. The molecule has 0 amide bonds. The van der Waals surface area contributed by atoms with Crippen molar-refractivity contribution in [3.8, 4) is 12.3 Å². The molecule has 0 saturated heterocycles. The average Bonchev–Trinajstić information content (AvgIpc) is 2.14. The highest BCUT2D eigenvalue weighted by Gasteiger charge is 1.83. The van der Waals surface area contributed by atoms with Crippen molar-refractivity contribution in [1.82, 2.24) is 4.98 Å². The molecule has 0 atom stereocenters. The minimum atomic E-state index is 0.191. The third kappa shape index (κ3) is 2.84. The summed E-state index contributed by atoms with van der Waals surface area (Å²) in [6, 6.07) is 3.69. The van der Waals surface area contributed by atoms with Gasteiger partial charge < -0.3 is 4.84 Å². The van der Waals surface area contributed by atoms with Crippen LogP contribution in [0.15, 0.2) is 29.7 Å². The minimum Gasteiger partial charge on any atom is -0.383 e. The Bertz CT molecular complexity index is 287. The van der Waals surface area contributed by atoms with Gasteiger partial charge in [-0.05, 0) is 6.07 Å². The molecule has 0 aliphatic carbocycles. The van der Waals surface area contributed by atoms with Crippen LogP contribution in [-0.4, -0.2) is 17.8 Å². The molecule has 0 aromatic carbocycles. The Labute approximate surface area is 71.1 Å². The van der Waals surface area contributed by atoms with Gasteiger partial charge in [-0.3, -0.25) is 4.98 Å². The monoisotopic (exact) mass is 160 g/mol. The van der Waals surface area contributed by atoms with Gasteiger partial charge in [-0.2, -0.15) is 0 Å². The molecule has 60 valence electrons. The summed E-state index contributed by atoms with van der Waals surface area (Å²) in [7, 11) is 0. The van der Waals surface area contributed by atoms with Gasteiger partial charge >= 0.3 is 0 Å². The lowest BCUT2D eigenvalue weighted by atomic mass is 10.3. The van der Waals surface area contributed by atoms with Gasteiger partial charge in [0.1, 0.15) is 0 Å². The molecule has 1 aromatic rings. The predicted molar refractivity (Wildman–Crippen MR) is 46.6 cm³/mol. The summed E-state index contributed by atoms with van der Waals surface area (Å²) >= 11 is 0. The molecule has 0 fully saturated rings. The molecule has 12 heavy (non-hydrogen) atoms. The van der Waals surface area contributed by atoms with E-state index in [9.17, 15) is 0 Å². The van der Waals surface area contributed by atoms with E-state index in [0.29, 0.717) is 0 Å². The Balaban J connectivity index is 2.43. The van der Waals surface area contributed by atoms with E-state index in [4.69, 9.17) is 11.3 Å². The molecule has 1 rings (SSSR count). The van der Waals surface area contributed by atoms with Gasteiger partial charge in [0.25, 0.3) is 0 Å². The Kier molecular flexibility index (Phi) is 3.39. The van der Waals surface area contributed by atoms with Crippen molar-refractivity contribution < 1.29 is 4.84 Å². The van der Waals surface area contributed by atoms with Gasteiger partial charge in [0.15, 0.2) is 6.61 Å². The molecule has 3 nitrogen and oxygen atoms in total. The molecule has 0 saturated carbocycles. The fourth-order valence-corrected chi connectivity index (χ4v) is 0.625. The lowest BCUT2D eigenvalue weighted by molar-refractivity contribution is 0.181. The molecular weight excluding hydrogens is 152 g/mol. The highest BCUT2D eigenvalue weighted by Crippen LogP contribution is 1.90. The number of rotatable bonds is 3. The standard InChI is InChI=1S/C9H8N2O/c1-2-6-12-11-8-9-4-3-5-10-7-9/h1,3-5,7-8H,6H2. The maximum atomic E-state index is 4.95. The topological polar surface area (TPSA) is 34.5 Å². The second kappa shape index (κ2) is 4.91. The van der Waals surface area contributed by atoms with Crippen molar-refractivity contribution in [3.05, 3.63) is 30.1 Å². The van der Waals surface area contributed by atoms with Gasteiger partial charge in [0.2, 0.25) is 0 Å². The van der Waals surface area contributed by atoms with E-state index in [1.807, 2.05) is 12.1 Å². The summed E-state index contributed by atoms with van der Waals surface area (Å²) in [6.07, 6.45) is 9.88. The number of pyridine rings is 1. The van der Waals surface area contributed by atoms with Crippen LogP contribution < -0.4 is 0 Å². The van der Waals surface area contributed by atoms with Gasteiger partial charge in [0, 0.05) is 18.0 Å². The highest BCUT2D eigenvalue weighted by molar-refractivity contribution is 5.78. The van der Waals surface area contributed by atoms with Crippen LogP contribution in [0.5, 0.6) is 0 Å². The third-order valence-corrected chi connectivity index (χ3v) is 1.11. The van der Waals surface area contributed by atoms with Crippen LogP contribution in [0.1, 0.15) is 5.56 Å². The van der Waals surface area contributed by atoms with Crippen LogP contribution in [0.25, 0.3) is 0 Å². The zero-order chi connectivity index (χ0) is 8.65. The minimum absolute atomic E-state index is 0.191. The number of hydrogen-bond donors (Lipinski definition) is 0. The van der Waals surface area contributed by atoms with Crippen molar-refractivity contribution >= 4 is 6.21 Å². The lowest BCUT2D eigenvalue weighted by Gasteiger charge is -1.90. The van der Waals surface area contributed by atoms with Crippen LogP contribution in [-0.2, 0) is 4.84 Å². The number of hydrogen-bond acceptors (Lipinski definition) is 3. The van der Waals surface area contributed by atoms with Crippen LogP contribution in [0.2, 0.25) is 0 Å². The molecule has 0 N–H and O–H groups in total. The van der Waals surface area contributed by atoms with Crippen molar-refractivity contribution in [3.63, 3.8) is 0 Å². The first-order chi connectivity index (χ1) is 5.93. The van der Waals surface area contributed by atoms with Gasteiger partial charge in [-0.25, -0.2) is 0 Å². The molecular formula is C9H8N2O. The summed E-state index contributed by atoms with van der Waals surface area (Å²) in [4.78, 5) is 8.59. The van der Waals surface area contributed by atoms with E-state index in [0.717, 1.165) is 5.56 Å². The van der Waals surface area contributed by atoms with E-state index in [2.05, 4.69) is 16.1 Å². The smallest absolute Gasteiger partial charge is 0.177 e. The summed E-state index contributed by atoms with van der Waals surface area (Å²) in [6.45, 7) is 0.191. The fourth-order valence-electron chi connectivity index (χ4n) is 0.625. The van der Waals surface area contributed by atoms with Crippen molar-refractivity contribution in [2.24, 2.45) is 5.16 Å². The normalized spacial score (nSPS) is 9.58. The first-order valence-electron chi connectivity index (χ1n) is 3.42. The summed E-state index contributed by atoms with van der Waals surface area (Å²) in [5, 5.41) is 3.62. The van der Waals surface area contributed by atoms with Crippen LogP contribution >= 0.6 is 0 Å². The SMILES string of the molecule is C#CCON=Cc1cccnc1. The van der Waals surface area contributed by atoms with E-state index in [1.54, 1.807) is 18.6 Å². The Morgan fingerprint density at radius 1 is 1.75 bits per heavy atom. The van der Waals surface area contributed by atoms with Crippen LogP contribution in [0, 0.1) is 12.3 Å². The van der Waals surface area contributed by atoms with Crippen molar-refractivity contribution in [2.45, 2.75) is 0 Å². The summed E-state index contributed by atoms with van der Waals surface area (Å²) in [5.74, 6) is 2.30. The number of aromatic nitrogens is 1. The van der Waals surface area contributed by atoms with Gasteiger partial charge in [-0.15, -0.1) is 6.42 Å². The summed E-state index contributed by atoms with van der Waals surface area (Å²) in [5.41, 5.74) is 0.884. The molecule has 0 aliphatic heterocycles. The third-order valence-electron chi connectivity index (χ3n) is 1.11. The largest absolute Gasteiger partial charge is 0.383 e. The van der Waals surface area contributed by atoms with Crippen molar-refractivity contribution in [1.29, 1.82) is 0 Å². The van der Waals surface area contributed by atoms with Gasteiger partial charge in [0.05, 0.1) is 6.21 Å². The predicted octanol–water partition coefficient (Wildman–Crippen LogP) is 1.07. The molecule has 1 aromatic heterocycles. The molecule has 0 unspecified atom stereocenters. The Hall–Kier alpha value is -1.82. The molecule has 1 heterocycles. The van der Waals surface area contributed by atoms with E-state index in [-0.39, 0.29) is 6.61 Å². The molecule has 0 bridgehead atoms. The maximum Gasteiger partial charge on any atom is 0.177 e. The highest BCUT2D eigenvalue weighted by atomic mass is 16.6. The van der Waals surface area contributed by atoms with Crippen LogP contribution in [0.3, 0.4) is 0 Å². The fraction of sp³-hybridized carbons (Fsp3) is 0.111. The van der Waals surface area contributed by atoms with E-state index in [1.165, 1.54) is 0 Å². The first-order valence-corrected chi connectivity index (χ1v) is 3.42. The Morgan fingerprint density at radius 2 is 2.67 bits per heavy atom.